The summed E-state index contributed by atoms with van der Waals surface area (Å²) in [5, 5.41) is 16.4. The number of methoxy groups -OCH3 is 1. The van der Waals surface area contributed by atoms with E-state index >= 15 is 0 Å². The van der Waals surface area contributed by atoms with Gasteiger partial charge < -0.3 is 9.84 Å². The normalized spacial score (nSPS) is 20.5. The van der Waals surface area contributed by atoms with Crippen LogP contribution in [0.3, 0.4) is 0 Å². The van der Waals surface area contributed by atoms with Gasteiger partial charge in [-0.3, -0.25) is 4.89 Å². The summed E-state index contributed by atoms with van der Waals surface area (Å²) in [6.45, 7) is 7.40. The molecule has 0 amide bonds. The van der Waals surface area contributed by atoms with Crippen molar-refractivity contribution >= 4 is 5.97 Å². The Kier molecular flexibility index (Phi) is 7.01. The van der Waals surface area contributed by atoms with E-state index in [1.807, 2.05) is 35.0 Å². The number of rotatable bonds is 6. The smallest absolute Gasteiger partial charge is 0.347 e. The third-order valence-corrected chi connectivity index (χ3v) is 6.48. The second-order valence-electron chi connectivity index (χ2n) is 10.3. The maximum atomic E-state index is 12.0. The van der Waals surface area contributed by atoms with Crippen LogP contribution in [0.1, 0.15) is 57.7 Å². The Balaban J connectivity index is 1.57. The van der Waals surface area contributed by atoms with Gasteiger partial charge in [0.2, 0.25) is 0 Å². The zero-order valence-electron chi connectivity index (χ0n) is 21.1. The lowest BCUT2D eigenvalue weighted by molar-refractivity contribution is -0.311. The van der Waals surface area contributed by atoms with E-state index in [1.54, 1.807) is 27.9 Å². The molecule has 0 atom stereocenters. The molecule has 4 rings (SSSR count). The van der Waals surface area contributed by atoms with E-state index in [2.05, 4.69) is 31.2 Å². The van der Waals surface area contributed by atoms with E-state index in [9.17, 15) is 9.90 Å². The zero-order chi connectivity index (χ0) is 25.2. The van der Waals surface area contributed by atoms with Gasteiger partial charge in [0.05, 0.1) is 29.6 Å². The van der Waals surface area contributed by atoms with Crippen LogP contribution in [0.2, 0.25) is 0 Å². The molecule has 0 radical (unpaired) electrons. The number of benzene rings is 2. The lowest BCUT2D eigenvalue weighted by Crippen LogP contribution is -2.36. The fourth-order valence-electron chi connectivity index (χ4n) is 4.12. The number of aromatic nitrogens is 2. The van der Waals surface area contributed by atoms with Gasteiger partial charge in [-0.05, 0) is 83.7 Å². The van der Waals surface area contributed by atoms with E-state index in [0.29, 0.717) is 31.4 Å². The van der Waals surface area contributed by atoms with Crippen molar-refractivity contribution in [2.45, 2.75) is 65.1 Å². The van der Waals surface area contributed by atoms with Crippen LogP contribution in [0.15, 0.2) is 54.6 Å². The third kappa shape index (κ3) is 5.57. The largest absolute Gasteiger partial charge is 0.497 e. The predicted octanol–water partition coefficient (Wildman–Crippen LogP) is 5.51. The van der Waals surface area contributed by atoms with Crippen molar-refractivity contribution in [1.29, 1.82) is 0 Å². The first-order chi connectivity index (χ1) is 16.6. The van der Waals surface area contributed by atoms with E-state index < -0.39 is 17.0 Å². The Morgan fingerprint density at radius 1 is 1.06 bits per heavy atom. The maximum Gasteiger partial charge on any atom is 0.347 e. The first kappa shape index (κ1) is 24.9. The average molecular weight is 479 g/mol. The van der Waals surface area contributed by atoms with Crippen LogP contribution in [0.5, 0.6) is 5.75 Å². The molecule has 35 heavy (non-hydrogen) atoms. The van der Waals surface area contributed by atoms with Gasteiger partial charge in [0, 0.05) is 5.56 Å². The molecule has 7 heteroatoms. The summed E-state index contributed by atoms with van der Waals surface area (Å²) in [7, 11) is 1.64. The summed E-state index contributed by atoms with van der Waals surface area (Å²) in [6.07, 6.45) is 1.78. The van der Waals surface area contributed by atoms with E-state index in [1.165, 1.54) is 5.56 Å². The number of hydrogen-bond donors (Lipinski definition) is 1. The predicted molar refractivity (Wildman–Crippen MR) is 133 cm³/mol. The number of hydrogen-bond acceptors (Lipinski definition) is 6. The lowest BCUT2D eigenvalue weighted by Gasteiger charge is -2.34. The summed E-state index contributed by atoms with van der Waals surface area (Å²) in [5.74, 6) is 0.362. The van der Waals surface area contributed by atoms with E-state index in [0.717, 1.165) is 22.7 Å². The summed E-state index contributed by atoms with van der Waals surface area (Å²) in [5.41, 5.74) is 2.86. The number of aliphatic hydroxyl groups is 1. The second-order valence-corrected chi connectivity index (χ2v) is 10.3. The van der Waals surface area contributed by atoms with Gasteiger partial charge in [0.1, 0.15) is 17.5 Å². The monoisotopic (exact) mass is 478 g/mol. The number of carbonyl (C=O) groups is 1. The molecule has 0 spiro atoms. The first-order valence-corrected chi connectivity index (χ1v) is 12.0. The van der Waals surface area contributed by atoms with E-state index in [4.69, 9.17) is 19.6 Å². The third-order valence-electron chi connectivity index (χ3n) is 6.48. The number of ether oxygens (including phenoxy) is 1. The van der Waals surface area contributed by atoms with Crippen LogP contribution in [0, 0.1) is 12.3 Å². The quantitative estimate of drug-likeness (QED) is 0.372. The zero-order valence-corrected chi connectivity index (χ0v) is 21.1. The van der Waals surface area contributed by atoms with Crippen molar-refractivity contribution in [3.8, 4) is 22.7 Å². The van der Waals surface area contributed by atoms with Crippen LogP contribution in [-0.2, 0) is 20.2 Å². The van der Waals surface area contributed by atoms with Crippen molar-refractivity contribution in [1.82, 2.24) is 9.78 Å². The van der Waals surface area contributed by atoms with Crippen LogP contribution in [0.25, 0.3) is 16.9 Å². The first-order valence-electron chi connectivity index (χ1n) is 12.0. The molecule has 1 saturated carbocycles. The van der Waals surface area contributed by atoms with Crippen LogP contribution in [0.4, 0.5) is 0 Å². The Labute approximate surface area is 206 Å². The minimum absolute atomic E-state index is 0.248. The highest BCUT2D eigenvalue weighted by atomic mass is 17.2. The van der Waals surface area contributed by atoms with Gasteiger partial charge in [0.15, 0.2) is 0 Å². The molecule has 1 aliphatic carbocycles. The van der Waals surface area contributed by atoms with Crippen LogP contribution < -0.4 is 4.74 Å². The van der Waals surface area contributed by atoms with Crippen molar-refractivity contribution in [2.24, 2.45) is 5.41 Å². The average Bonchev–Trinajstić information content (AvgIpc) is 3.30. The summed E-state index contributed by atoms with van der Waals surface area (Å²) in [4.78, 5) is 22.4. The van der Waals surface area contributed by atoms with Gasteiger partial charge in [-0.2, -0.15) is 9.99 Å². The van der Waals surface area contributed by atoms with Gasteiger partial charge >= 0.3 is 5.97 Å². The molecule has 1 N–H and O–H groups in total. The van der Waals surface area contributed by atoms with Gasteiger partial charge in [-0.1, -0.05) is 29.8 Å². The molecule has 0 aliphatic heterocycles. The Bertz CT molecular complexity index is 1150. The fraction of sp³-hybridized carbons (Fsp3) is 0.429. The highest BCUT2D eigenvalue weighted by Crippen LogP contribution is 2.39. The van der Waals surface area contributed by atoms with Gasteiger partial charge in [-0.15, -0.1) is 0 Å². The molecule has 7 nitrogen and oxygen atoms in total. The SMILES string of the molecule is COc1ccc(-n2nc(C3(O)CCC(OOC(=O)C(C)(C)C)CC3)cc2-c2ccc(C)cc2)cc1. The molecule has 0 saturated heterocycles. The minimum Gasteiger partial charge on any atom is -0.497 e. The molecule has 3 aromatic rings. The summed E-state index contributed by atoms with van der Waals surface area (Å²) < 4.78 is 7.17. The molecule has 2 aromatic carbocycles. The second kappa shape index (κ2) is 9.84. The standard InChI is InChI=1S/C28H34N2O5/c1-19-6-8-20(9-7-19)24-18-25(29-30(24)21-10-12-22(33-5)13-11-21)28(32)16-14-23(15-17-28)34-35-26(31)27(2,3)4/h6-13,18,23,32H,14-17H2,1-5H3. The van der Waals surface area contributed by atoms with Crippen molar-refractivity contribution in [2.75, 3.05) is 7.11 Å². The van der Waals surface area contributed by atoms with Crippen molar-refractivity contribution < 1.29 is 24.4 Å². The summed E-state index contributed by atoms with van der Waals surface area (Å²) >= 11 is 0. The van der Waals surface area contributed by atoms with Crippen molar-refractivity contribution in [3.63, 3.8) is 0 Å². The van der Waals surface area contributed by atoms with Crippen molar-refractivity contribution in [3.05, 3.63) is 65.9 Å². The summed E-state index contributed by atoms with van der Waals surface area (Å²) in [6, 6.07) is 17.9. The lowest BCUT2D eigenvalue weighted by atomic mass is 9.81. The molecular formula is C28H34N2O5. The Morgan fingerprint density at radius 2 is 1.69 bits per heavy atom. The topological polar surface area (TPSA) is 82.8 Å². The highest BCUT2D eigenvalue weighted by Gasteiger charge is 2.39. The number of carbonyl (C=O) groups excluding carboxylic acids is 1. The number of nitrogens with zero attached hydrogens (tertiary/aromatic N) is 2. The Morgan fingerprint density at radius 3 is 2.26 bits per heavy atom. The molecule has 1 aromatic heterocycles. The molecule has 0 unspecified atom stereocenters. The van der Waals surface area contributed by atoms with Crippen LogP contribution in [-0.4, -0.2) is 34.1 Å². The maximum absolute atomic E-state index is 12.0. The van der Waals surface area contributed by atoms with Gasteiger partial charge in [0.25, 0.3) is 0 Å². The molecule has 186 valence electrons. The molecule has 1 heterocycles. The number of aryl methyl sites for hydroxylation is 1. The highest BCUT2D eigenvalue weighted by molar-refractivity contribution is 5.74. The van der Waals surface area contributed by atoms with Crippen LogP contribution >= 0.6 is 0 Å². The fourth-order valence-corrected chi connectivity index (χ4v) is 4.12. The molecule has 1 fully saturated rings. The Hall–Kier alpha value is -3.16. The molecule has 0 bridgehead atoms. The van der Waals surface area contributed by atoms with Gasteiger partial charge in [-0.25, -0.2) is 9.48 Å². The van der Waals surface area contributed by atoms with E-state index in [-0.39, 0.29) is 6.10 Å². The molecular weight excluding hydrogens is 444 g/mol. The molecule has 1 aliphatic rings. The minimum atomic E-state index is -1.09.